The number of carbonyl (C=O) groups is 1. The van der Waals surface area contributed by atoms with E-state index in [0.29, 0.717) is 11.1 Å². The summed E-state index contributed by atoms with van der Waals surface area (Å²) < 4.78 is 0. The minimum atomic E-state index is -1.15. The molecule has 0 aliphatic heterocycles. The van der Waals surface area contributed by atoms with E-state index in [2.05, 4.69) is 0 Å². The van der Waals surface area contributed by atoms with Gasteiger partial charge in [0.05, 0.1) is 0 Å². The monoisotopic (exact) mass is 302 g/mol. The lowest BCUT2D eigenvalue weighted by Gasteiger charge is -2.15. The summed E-state index contributed by atoms with van der Waals surface area (Å²) in [7, 11) is 0. The number of aliphatic hydroxyl groups excluding tert-OH is 1. The first-order valence-corrected chi connectivity index (χ1v) is 7.61. The minimum absolute atomic E-state index is 0.282. The number of carbonyl (C=O) groups excluding carboxylic acids is 1. The Morgan fingerprint density at radius 3 is 2.04 bits per heavy atom. The van der Waals surface area contributed by atoms with Crippen molar-refractivity contribution >= 4 is 5.78 Å². The van der Waals surface area contributed by atoms with Crippen molar-refractivity contribution < 1.29 is 9.90 Å². The molecule has 1 unspecified atom stereocenters. The highest BCUT2D eigenvalue weighted by atomic mass is 16.3. The van der Waals surface area contributed by atoms with Gasteiger partial charge in [-0.05, 0) is 29.2 Å². The molecule has 0 heterocycles. The molecule has 1 N–H and O–H groups in total. The molecule has 0 spiro atoms. The van der Waals surface area contributed by atoms with Gasteiger partial charge < -0.3 is 5.11 Å². The topological polar surface area (TPSA) is 37.3 Å². The van der Waals surface area contributed by atoms with E-state index in [-0.39, 0.29) is 5.78 Å². The maximum absolute atomic E-state index is 12.8. The first-order valence-electron chi connectivity index (χ1n) is 7.61. The Labute approximate surface area is 136 Å². The second-order valence-electron chi connectivity index (χ2n) is 5.54. The fraction of sp³-hybridized carbons (Fsp3) is 0.0952. The molecule has 0 radical (unpaired) electrons. The van der Waals surface area contributed by atoms with Crippen LogP contribution in [0, 0.1) is 6.92 Å². The largest absolute Gasteiger partial charge is 0.380 e. The lowest BCUT2D eigenvalue weighted by Crippen LogP contribution is -2.13. The first-order chi connectivity index (χ1) is 11.2. The van der Waals surface area contributed by atoms with Gasteiger partial charge in [-0.15, -0.1) is 0 Å². The standard InChI is InChI=1S/C21H18O2/c1-15-9-5-6-12-17(15)18-13-7-8-14-19(18)21(23)20(22)16-10-3-2-4-11-16/h2-14,20,22H,1H3. The number of hydrogen-bond donors (Lipinski definition) is 1. The summed E-state index contributed by atoms with van der Waals surface area (Å²) in [5, 5.41) is 10.4. The molecule has 3 aromatic carbocycles. The van der Waals surface area contributed by atoms with Crippen molar-refractivity contribution in [3.63, 3.8) is 0 Å². The minimum Gasteiger partial charge on any atom is -0.380 e. The zero-order chi connectivity index (χ0) is 16.2. The van der Waals surface area contributed by atoms with Crippen LogP contribution in [0.3, 0.4) is 0 Å². The molecule has 2 nitrogen and oxygen atoms in total. The second-order valence-corrected chi connectivity index (χ2v) is 5.54. The van der Waals surface area contributed by atoms with Gasteiger partial charge in [0, 0.05) is 5.56 Å². The number of benzene rings is 3. The number of ketones is 1. The summed E-state index contributed by atoms with van der Waals surface area (Å²) in [4.78, 5) is 12.8. The average Bonchev–Trinajstić information content (AvgIpc) is 2.62. The third-order valence-electron chi connectivity index (χ3n) is 3.99. The maximum atomic E-state index is 12.8. The van der Waals surface area contributed by atoms with E-state index in [1.165, 1.54) is 0 Å². The van der Waals surface area contributed by atoms with Gasteiger partial charge in [-0.2, -0.15) is 0 Å². The molecule has 0 aromatic heterocycles. The van der Waals surface area contributed by atoms with Gasteiger partial charge in [-0.1, -0.05) is 78.9 Å². The summed E-state index contributed by atoms with van der Waals surface area (Å²) in [6, 6.07) is 24.4. The van der Waals surface area contributed by atoms with Crippen LogP contribution in [0.2, 0.25) is 0 Å². The Morgan fingerprint density at radius 1 is 0.783 bits per heavy atom. The second kappa shape index (κ2) is 6.59. The summed E-state index contributed by atoms with van der Waals surface area (Å²) in [6.07, 6.45) is -1.15. The van der Waals surface area contributed by atoms with Crippen LogP contribution in [0.5, 0.6) is 0 Å². The zero-order valence-electron chi connectivity index (χ0n) is 12.9. The van der Waals surface area contributed by atoms with E-state index in [9.17, 15) is 9.90 Å². The Hall–Kier alpha value is -2.71. The Balaban J connectivity index is 2.04. The van der Waals surface area contributed by atoms with Gasteiger partial charge in [0.1, 0.15) is 6.10 Å². The zero-order valence-corrected chi connectivity index (χ0v) is 12.9. The highest BCUT2D eigenvalue weighted by Crippen LogP contribution is 2.29. The number of aryl methyl sites for hydroxylation is 1. The van der Waals surface area contributed by atoms with E-state index in [1.54, 1.807) is 18.2 Å². The third-order valence-corrected chi connectivity index (χ3v) is 3.99. The van der Waals surface area contributed by atoms with Crippen LogP contribution < -0.4 is 0 Å². The number of rotatable bonds is 4. The number of Topliss-reactive ketones (excluding diaryl/α,β-unsaturated/α-hetero) is 1. The Morgan fingerprint density at radius 2 is 1.35 bits per heavy atom. The van der Waals surface area contributed by atoms with Gasteiger partial charge in [0.15, 0.2) is 5.78 Å². The van der Waals surface area contributed by atoms with Crippen LogP contribution in [-0.4, -0.2) is 10.9 Å². The Bertz CT molecular complexity index is 822. The van der Waals surface area contributed by atoms with Crippen LogP contribution in [0.1, 0.15) is 27.6 Å². The molecule has 1 atom stereocenters. The summed E-state index contributed by atoms with van der Waals surface area (Å²) >= 11 is 0. The fourth-order valence-corrected chi connectivity index (χ4v) is 2.74. The molecule has 3 rings (SSSR count). The number of aliphatic hydroxyl groups is 1. The van der Waals surface area contributed by atoms with E-state index in [0.717, 1.165) is 16.7 Å². The molecule has 0 aliphatic carbocycles. The highest BCUT2D eigenvalue weighted by Gasteiger charge is 2.22. The van der Waals surface area contributed by atoms with Gasteiger partial charge >= 0.3 is 0 Å². The summed E-state index contributed by atoms with van der Waals surface area (Å²) in [5.74, 6) is -0.282. The molecule has 0 bridgehead atoms. The predicted molar refractivity (Wildman–Crippen MR) is 92.3 cm³/mol. The predicted octanol–water partition coefficient (Wildman–Crippen LogP) is 4.58. The maximum Gasteiger partial charge on any atom is 0.196 e. The van der Waals surface area contributed by atoms with Gasteiger partial charge in [0.25, 0.3) is 0 Å². The lowest BCUT2D eigenvalue weighted by atomic mass is 9.91. The lowest BCUT2D eigenvalue weighted by molar-refractivity contribution is 0.0748. The molecular formula is C21H18O2. The van der Waals surface area contributed by atoms with Crippen molar-refractivity contribution in [2.45, 2.75) is 13.0 Å². The molecule has 2 heteroatoms. The molecule has 0 saturated heterocycles. The molecule has 3 aromatic rings. The van der Waals surface area contributed by atoms with Gasteiger partial charge in [0.2, 0.25) is 0 Å². The van der Waals surface area contributed by atoms with Crippen molar-refractivity contribution in [2.75, 3.05) is 0 Å². The van der Waals surface area contributed by atoms with E-state index >= 15 is 0 Å². The molecule has 114 valence electrons. The Kier molecular flexibility index (Phi) is 4.35. The SMILES string of the molecule is Cc1ccccc1-c1ccccc1C(=O)C(O)c1ccccc1. The van der Waals surface area contributed by atoms with E-state index < -0.39 is 6.10 Å². The van der Waals surface area contributed by atoms with Crippen LogP contribution in [0.15, 0.2) is 78.9 Å². The van der Waals surface area contributed by atoms with Crippen molar-refractivity contribution in [2.24, 2.45) is 0 Å². The highest BCUT2D eigenvalue weighted by molar-refractivity contribution is 6.05. The summed E-state index contributed by atoms with van der Waals surface area (Å²) in [6.45, 7) is 2.02. The van der Waals surface area contributed by atoms with E-state index in [4.69, 9.17) is 0 Å². The normalized spacial score (nSPS) is 11.9. The first kappa shape index (κ1) is 15.2. The van der Waals surface area contributed by atoms with Crippen molar-refractivity contribution in [1.29, 1.82) is 0 Å². The van der Waals surface area contributed by atoms with Crippen LogP contribution in [0.4, 0.5) is 0 Å². The third kappa shape index (κ3) is 3.08. The molecule has 0 saturated carbocycles. The quantitative estimate of drug-likeness (QED) is 0.716. The van der Waals surface area contributed by atoms with Gasteiger partial charge in [-0.3, -0.25) is 4.79 Å². The van der Waals surface area contributed by atoms with Gasteiger partial charge in [-0.25, -0.2) is 0 Å². The average molecular weight is 302 g/mol. The van der Waals surface area contributed by atoms with Crippen LogP contribution in [0.25, 0.3) is 11.1 Å². The molecule has 0 fully saturated rings. The summed E-state index contributed by atoms with van der Waals surface area (Å²) in [5.41, 5.74) is 4.11. The smallest absolute Gasteiger partial charge is 0.196 e. The molecule has 23 heavy (non-hydrogen) atoms. The van der Waals surface area contributed by atoms with Crippen molar-refractivity contribution in [3.05, 3.63) is 95.6 Å². The van der Waals surface area contributed by atoms with Crippen molar-refractivity contribution in [3.8, 4) is 11.1 Å². The van der Waals surface area contributed by atoms with Crippen LogP contribution in [-0.2, 0) is 0 Å². The number of hydrogen-bond acceptors (Lipinski definition) is 2. The van der Waals surface area contributed by atoms with Crippen LogP contribution >= 0.6 is 0 Å². The van der Waals surface area contributed by atoms with E-state index in [1.807, 2.05) is 67.6 Å². The molecular weight excluding hydrogens is 284 g/mol. The van der Waals surface area contributed by atoms with Crippen molar-refractivity contribution in [1.82, 2.24) is 0 Å². The molecule has 0 aliphatic rings. The fourth-order valence-electron chi connectivity index (χ4n) is 2.74. The molecule has 0 amide bonds.